The van der Waals surface area contributed by atoms with E-state index in [2.05, 4.69) is 10.6 Å². The molecular formula is C23H28N2O8S. The Morgan fingerprint density at radius 2 is 1.62 bits per heavy atom. The number of hydrogen-bond acceptors (Lipinski definition) is 9. The number of hydrogen-bond donors (Lipinski definition) is 2. The van der Waals surface area contributed by atoms with Gasteiger partial charge in [-0.1, -0.05) is 6.92 Å². The molecule has 2 amide bonds. The normalized spacial score (nSPS) is 10.3. The Morgan fingerprint density at radius 3 is 2.18 bits per heavy atom. The fourth-order valence-corrected chi connectivity index (χ4v) is 4.14. The molecule has 10 nitrogen and oxygen atoms in total. The van der Waals surface area contributed by atoms with Gasteiger partial charge in [0.2, 0.25) is 0 Å². The summed E-state index contributed by atoms with van der Waals surface area (Å²) in [6, 6.07) is 4.59. The highest BCUT2D eigenvalue weighted by atomic mass is 32.1. The Kier molecular flexibility index (Phi) is 9.87. The van der Waals surface area contributed by atoms with E-state index in [0.717, 1.165) is 10.4 Å². The maximum atomic E-state index is 12.3. The first-order valence-electron chi connectivity index (χ1n) is 10.5. The highest BCUT2D eigenvalue weighted by Gasteiger charge is 2.23. The molecule has 0 saturated carbocycles. The third kappa shape index (κ3) is 6.95. The molecule has 1 heterocycles. The van der Waals surface area contributed by atoms with Gasteiger partial charge < -0.3 is 29.6 Å². The predicted octanol–water partition coefficient (Wildman–Crippen LogP) is 2.72. The minimum absolute atomic E-state index is 0.203. The summed E-state index contributed by atoms with van der Waals surface area (Å²) in [7, 11) is 2.91. The van der Waals surface area contributed by atoms with Crippen molar-refractivity contribution >= 4 is 40.1 Å². The van der Waals surface area contributed by atoms with E-state index in [1.54, 1.807) is 19.9 Å². The Labute approximate surface area is 201 Å². The van der Waals surface area contributed by atoms with Gasteiger partial charge in [0.25, 0.3) is 11.8 Å². The van der Waals surface area contributed by atoms with E-state index in [1.807, 2.05) is 6.92 Å². The van der Waals surface area contributed by atoms with E-state index in [0.29, 0.717) is 28.5 Å². The Balaban J connectivity index is 1.92. The van der Waals surface area contributed by atoms with Crippen molar-refractivity contribution in [1.29, 1.82) is 0 Å². The monoisotopic (exact) mass is 492 g/mol. The molecule has 2 N–H and O–H groups in total. The number of rotatable bonds is 11. The number of carbonyl (C=O) groups excluding carboxylic acids is 4. The standard InChI is InChI=1S/C23H28N2O8S/c1-6-17-13(3)20(23(29)32-7-2)22(34-17)25-18(26)12-33-19(27)11-24-21(28)14-8-15(30-4)10-16(9-14)31-5/h8-10H,6-7,11-12H2,1-5H3,(H,24,28)(H,25,26). The van der Waals surface area contributed by atoms with Crippen molar-refractivity contribution in [2.24, 2.45) is 0 Å². The SMILES string of the molecule is CCOC(=O)c1c(NC(=O)COC(=O)CNC(=O)c2cc(OC)cc(OC)c2)sc(CC)c1C. The van der Waals surface area contributed by atoms with Gasteiger partial charge in [0.1, 0.15) is 23.0 Å². The van der Waals surface area contributed by atoms with Gasteiger partial charge in [-0.25, -0.2) is 4.79 Å². The molecular weight excluding hydrogens is 464 g/mol. The highest BCUT2D eigenvalue weighted by Crippen LogP contribution is 2.34. The minimum atomic E-state index is -0.805. The van der Waals surface area contributed by atoms with E-state index in [1.165, 1.54) is 37.7 Å². The maximum absolute atomic E-state index is 12.3. The number of carbonyl (C=O) groups is 4. The third-order valence-electron chi connectivity index (χ3n) is 4.67. The molecule has 0 atom stereocenters. The predicted molar refractivity (Wildman–Crippen MR) is 126 cm³/mol. The van der Waals surface area contributed by atoms with Crippen molar-refractivity contribution < 1.29 is 38.1 Å². The Bertz CT molecular complexity index is 1040. The van der Waals surface area contributed by atoms with Crippen LogP contribution in [0.1, 0.15) is 45.0 Å². The van der Waals surface area contributed by atoms with Crippen molar-refractivity contribution in [1.82, 2.24) is 5.32 Å². The molecule has 184 valence electrons. The minimum Gasteiger partial charge on any atom is -0.497 e. The van der Waals surface area contributed by atoms with Crippen LogP contribution < -0.4 is 20.1 Å². The van der Waals surface area contributed by atoms with E-state index in [4.69, 9.17) is 18.9 Å². The lowest BCUT2D eigenvalue weighted by molar-refractivity contribution is -0.146. The van der Waals surface area contributed by atoms with Crippen LogP contribution in [0.2, 0.25) is 0 Å². The molecule has 0 spiro atoms. The third-order valence-corrected chi connectivity index (χ3v) is 6.02. The summed E-state index contributed by atoms with van der Waals surface area (Å²) >= 11 is 1.27. The van der Waals surface area contributed by atoms with Crippen molar-refractivity contribution in [2.75, 3.05) is 39.3 Å². The largest absolute Gasteiger partial charge is 0.497 e. The number of anilines is 1. The number of esters is 2. The molecule has 1 aromatic carbocycles. The zero-order valence-electron chi connectivity index (χ0n) is 19.7. The van der Waals surface area contributed by atoms with Crippen LogP contribution in [0, 0.1) is 6.92 Å². The molecule has 0 fully saturated rings. The second-order valence-electron chi connectivity index (χ2n) is 6.92. The van der Waals surface area contributed by atoms with Crippen LogP contribution in [0.4, 0.5) is 5.00 Å². The number of ether oxygens (including phenoxy) is 4. The van der Waals surface area contributed by atoms with Crippen LogP contribution in [-0.4, -0.2) is 57.7 Å². The summed E-state index contributed by atoms with van der Waals surface area (Å²) in [5.74, 6) is -1.66. The summed E-state index contributed by atoms with van der Waals surface area (Å²) in [4.78, 5) is 49.9. The van der Waals surface area contributed by atoms with Crippen LogP contribution in [-0.2, 0) is 25.5 Å². The van der Waals surface area contributed by atoms with Crippen molar-refractivity contribution in [2.45, 2.75) is 27.2 Å². The molecule has 2 rings (SSSR count). The average molecular weight is 493 g/mol. The van der Waals surface area contributed by atoms with E-state index in [9.17, 15) is 19.2 Å². The second kappa shape index (κ2) is 12.6. The van der Waals surface area contributed by atoms with Gasteiger partial charge in [0.15, 0.2) is 6.61 Å². The average Bonchev–Trinajstić information content (AvgIpc) is 3.15. The molecule has 0 saturated heterocycles. The Morgan fingerprint density at radius 1 is 0.971 bits per heavy atom. The topological polar surface area (TPSA) is 129 Å². The van der Waals surface area contributed by atoms with Crippen LogP contribution >= 0.6 is 11.3 Å². The number of amides is 2. The van der Waals surface area contributed by atoms with Gasteiger partial charge in [-0.2, -0.15) is 0 Å². The van der Waals surface area contributed by atoms with Gasteiger partial charge in [-0.05, 0) is 38.0 Å². The van der Waals surface area contributed by atoms with Crippen LogP contribution in [0.3, 0.4) is 0 Å². The lowest BCUT2D eigenvalue weighted by Crippen LogP contribution is -2.32. The number of aryl methyl sites for hydroxylation is 1. The smallest absolute Gasteiger partial charge is 0.341 e. The molecule has 11 heteroatoms. The number of benzene rings is 1. The van der Waals surface area contributed by atoms with Crippen molar-refractivity contribution in [3.8, 4) is 11.5 Å². The van der Waals surface area contributed by atoms with E-state index in [-0.39, 0.29) is 12.2 Å². The molecule has 0 bridgehead atoms. The molecule has 0 radical (unpaired) electrons. The molecule has 0 aliphatic heterocycles. The van der Waals surface area contributed by atoms with E-state index < -0.39 is 36.9 Å². The highest BCUT2D eigenvalue weighted by molar-refractivity contribution is 7.17. The van der Waals surface area contributed by atoms with Crippen molar-refractivity contribution in [3.63, 3.8) is 0 Å². The zero-order valence-corrected chi connectivity index (χ0v) is 20.6. The number of nitrogens with one attached hydrogen (secondary N) is 2. The summed E-state index contributed by atoms with van der Waals surface area (Å²) in [6.45, 7) is 4.60. The van der Waals surface area contributed by atoms with Gasteiger partial charge in [-0.15, -0.1) is 11.3 Å². The van der Waals surface area contributed by atoms with Crippen LogP contribution in [0.5, 0.6) is 11.5 Å². The van der Waals surface area contributed by atoms with E-state index >= 15 is 0 Å². The Hall–Kier alpha value is -3.60. The quantitative estimate of drug-likeness (QED) is 0.458. The van der Waals surface area contributed by atoms with Crippen LogP contribution in [0.25, 0.3) is 0 Å². The van der Waals surface area contributed by atoms with Gasteiger partial charge in [-0.3, -0.25) is 14.4 Å². The first-order chi connectivity index (χ1) is 16.2. The molecule has 0 aliphatic carbocycles. The van der Waals surface area contributed by atoms with Gasteiger partial charge in [0, 0.05) is 16.5 Å². The fourth-order valence-electron chi connectivity index (χ4n) is 2.99. The first kappa shape index (κ1) is 26.7. The molecule has 2 aromatic rings. The second-order valence-corrected chi connectivity index (χ2v) is 8.03. The lowest BCUT2D eigenvalue weighted by atomic mass is 10.1. The molecule has 34 heavy (non-hydrogen) atoms. The summed E-state index contributed by atoms with van der Waals surface area (Å²) in [5.41, 5.74) is 1.27. The zero-order chi connectivity index (χ0) is 25.3. The number of methoxy groups -OCH3 is 2. The number of thiophene rings is 1. The summed E-state index contributed by atoms with van der Waals surface area (Å²) < 4.78 is 20.2. The first-order valence-corrected chi connectivity index (χ1v) is 11.3. The molecule has 1 aromatic heterocycles. The lowest BCUT2D eigenvalue weighted by Gasteiger charge is -2.10. The maximum Gasteiger partial charge on any atom is 0.341 e. The molecule has 0 aliphatic rings. The van der Waals surface area contributed by atoms with Gasteiger partial charge >= 0.3 is 11.9 Å². The molecule has 0 unspecified atom stereocenters. The summed E-state index contributed by atoms with van der Waals surface area (Å²) in [5, 5.41) is 5.36. The van der Waals surface area contributed by atoms with Crippen LogP contribution in [0.15, 0.2) is 18.2 Å². The summed E-state index contributed by atoms with van der Waals surface area (Å²) in [6.07, 6.45) is 0.687. The van der Waals surface area contributed by atoms with Crippen molar-refractivity contribution in [3.05, 3.63) is 39.8 Å². The van der Waals surface area contributed by atoms with Gasteiger partial charge in [0.05, 0.1) is 26.4 Å². The fraction of sp³-hybridized carbons (Fsp3) is 0.391.